The van der Waals surface area contributed by atoms with Gasteiger partial charge < -0.3 is 14.7 Å². The molecule has 0 heterocycles. The molecule has 0 amide bonds. The summed E-state index contributed by atoms with van der Waals surface area (Å²) < 4.78 is 0. The van der Waals surface area contributed by atoms with Crippen molar-refractivity contribution < 1.29 is 0 Å². The summed E-state index contributed by atoms with van der Waals surface area (Å²) in [5, 5.41) is 9.98. The van der Waals surface area contributed by atoms with E-state index >= 15 is 0 Å². The van der Waals surface area contributed by atoms with Gasteiger partial charge >= 0.3 is 0 Å². The summed E-state index contributed by atoms with van der Waals surface area (Å²) in [5.41, 5.74) is 20.4. The van der Waals surface area contributed by atoms with E-state index in [1.165, 1.54) is 116 Å². The summed E-state index contributed by atoms with van der Waals surface area (Å²) in [7, 11) is 0. The minimum atomic E-state index is 0.190. The van der Waals surface area contributed by atoms with Crippen LogP contribution in [0.4, 0.5) is 39.8 Å². The zero-order valence-electron chi connectivity index (χ0n) is 51.0. The van der Waals surface area contributed by atoms with Crippen molar-refractivity contribution in [3.8, 4) is 44.5 Å². The number of fused-ring (bicyclic) bond motifs is 7. The van der Waals surface area contributed by atoms with Gasteiger partial charge in [-0.1, -0.05) is 218 Å². The van der Waals surface area contributed by atoms with Crippen molar-refractivity contribution in [1.82, 2.24) is 0 Å². The predicted molar refractivity (Wildman–Crippen MR) is 389 cm³/mol. The van der Waals surface area contributed by atoms with E-state index in [-0.39, 0.29) is 12.0 Å². The first-order chi connectivity index (χ1) is 45.1. The van der Waals surface area contributed by atoms with Crippen molar-refractivity contribution in [2.24, 2.45) is 0 Å². The summed E-state index contributed by atoms with van der Waals surface area (Å²) in [4.78, 5) is 7.29. The Bertz CT molecular complexity index is 4930. The Kier molecular flexibility index (Phi) is 14.9. The number of allylic oxidation sites excluding steroid dienone is 8. The van der Waals surface area contributed by atoms with Crippen molar-refractivity contribution >= 4 is 82.9 Å². The van der Waals surface area contributed by atoms with Crippen molar-refractivity contribution in [3.63, 3.8) is 0 Å². The highest BCUT2D eigenvalue weighted by atomic mass is 15.2. The van der Waals surface area contributed by atoms with Gasteiger partial charge in [-0.3, -0.25) is 0 Å². The van der Waals surface area contributed by atoms with Gasteiger partial charge in [0.25, 0.3) is 0 Å². The molecular formula is C88H69N3. The Morgan fingerprint density at radius 2 is 0.846 bits per heavy atom. The fraction of sp³-hybridized carbons (Fsp3) is 0.0909. The van der Waals surface area contributed by atoms with Gasteiger partial charge in [0, 0.05) is 51.4 Å². The number of anilines is 7. The van der Waals surface area contributed by atoms with E-state index in [0.29, 0.717) is 0 Å². The summed E-state index contributed by atoms with van der Waals surface area (Å²) in [6.45, 7) is 0. The molecule has 436 valence electrons. The maximum absolute atomic E-state index is 2.60. The highest BCUT2D eigenvalue weighted by molar-refractivity contribution is 6.32. The zero-order chi connectivity index (χ0) is 60.5. The summed E-state index contributed by atoms with van der Waals surface area (Å²) in [5.74, 6) is 0.215. The van der Waals surface area contributed by atoms with E-state index in [4.69, 9.17) is 0 Å². The van der Waals surface area contributed by atoms with Crippen molar-refractivity contribution in [2.45, 2.75) is 50.5 Å². The maximum atomic E-state index is 2.60. The van der Waals surface area contributed by atoms with Crippen LogP contribution in [-0.2, 0) is 0 Å². The summed E-state index contributed by atoms with van der Waals surface area (Å²) in [6.07, 6.45) is 26.9. The van der Waals surface area contributed by atoms with Crippen LogP contribution < -0.4 is 14.7 Å². The van der Waals surface area contributed by atoms with Crippen LogP contribution >= 0.6 is 0 Å². The first kappa shape index (κ1) is 55.3. The van der Waals surface area contributed by atoms with Crippen LogP contribution in [0, 0.1) is 0 Å². The first-order valence-corrected chi connectivity index (χ1v) is 32.4. The fourth-order valence-corrected chi connectivity index (χ4v) is 14.6. The lowest BCUT2D eigenvalue weighted by Crippen LogP contribution is -2.29. The molecule has 3 aliphatic rings. The molecule has 3 heteroatoms. The second-order valence-electron chi connectivity index (χ2n) is 24.5. The molecule has 0 fully saturated rings. The molecule has 0 aromatic heterocycles. The van der Waals surface area contributed by atoms with E-state index in [1.807, 2.05) is 0 Å². The van der Waals surface area contributed by atoms with Crippen LogP contribution in [0.15, 0.2) is 339 Å². The monoisotopic (exact) mass is 1170 g/mol. The maximum Gasteiger partial charge on any atom is 0.0559 e. The minimum Gasteiger partial charge on any atom is -0.334 e. The Labute approximate surface area is 534 Å². The van der Waals surface area contributed by atoms with E-state index in [0.717, 1.165) is 61.3 Å². The van der Waals surface area contributed by atoms with Crippen molar-refractivity contribution in [1.29, 1.82) is 0 Å². The molecule has 2 unspecified atom stereocenters. The molecule has 0 aliphatic heterocycles. The third kappa shape index (κ3) is 10.7. The number of benzene rings is 13. The number of rotatable bonds is 14. The van der Waals surface area contributed by atoms with Gasteiger partial charge in [0.2, 0.25) is 0 Å². The molecule has 0 N–H and O–H groups in total. The second-order valence-corrected chi connectivity index (χ2v) is 24.5. The van der Waals surface area contributed by atoms with Crippen molar-refractivity contribution in [2.75, 3.05) is 14.7 Å². The number of para-hydroxylation sites is 4. The van der Waals surface area contributed by atoms with Gasteiger partial charge in [0.05, 0.1) is 6.04 Å². The second kappa shape index (κ2) is 24.5. The lowest BCUT2D eigenvalue weighted by Gasteiger charge is -2.33. The topological polar surface area (TPSA) is 9.72 Å². The highest BCUT2D eigenvalue weighted by Crippen LogP contribution is 2.51. The van der Waals surface area contributed by atoms with Gasteiger partial charge in [0.1, 0.15) is 0 Å². The van der Waals surface area contributed by atoms with E-state index in [2.05, 4.69) is 348 Å². The Hall–Kier alpha value is -11.0. The average molecular weight is 1170 g/mol. The molecule has 0 bridgehead atoms. The Balaban J connectivity index is 0.953. The predicted octanol–water partition coefficient (Wildman–Crippen LogP) is 24.7. The smallest absolute Gasteiger partial charge is 0.0559 e. The van der Waals surface area contributed by atoms with Crippen LogP contribution in [0.2, 0.25) is 0 Å². The third-order valence-electron chi connectivity index (χ3n) is 18.9. The summed E-state index contributed by atoms with van der Waals surface area (Å²) >= 11 is 0. The molecule has 0 saturated carbocycles. The van der Waals surface area contributed by atoms with Gasteiger partial charge in [-0.25, -0.2) is 0 Å². The molecule has 0 radical (unpaired) electrons. The normalized spacial score (nSPS) is 15.3. The molecular weight excluding hydrogens is 1100 g/mol. The van der Waals surface area contributed by atoms with E-state index in [1.54, 1.807) is 0 Å². The van der Waals surface area contributed by atoms with Crippen LogP contribution in [0.25, 0.3) is 87.6 Å². The highest BCUT2D eigenvalue weighted by Gasteiger charge is 2.27. The molecule has 13 aromatic rings. The van der Waals surface area contributed by atoms with Crippen molar-refractivity contribution in [3.05, 3.63) is 345 Å². The van der Waals surface area contributed by atoms with Gasteiger partial charge in [0.15, 0.2) is 0 Å². The lowest BCUT2D eigenvalue weighted by molar-refractivity contribution is 0.656. The molecule has 3 nitrogen and oxygen atoms in total. The van der Waals surface area contributed by atoms with Gasteiger partial charge in [-0.05, 0) is 247 Å². The van der Waals surface area contributed by atoms with Gasteiger partial charge in [-0.15, -0.1) is 0 Å². The molecule has 91 heavy (non-hydrogen) atoms. The largest absolute Gasteiger partial charge is 0.334 e. The van der Waals surface area contributed by atoms with Crippen LogP contribution in [0.1, 0.15) is 50.0 Å². The Morgan fingerprint density at radius 1 is 0.330 bits per heavy atom. The van der Waals surface area contributed by atoms with Crippen LogP contribution in [0.5, 0.6) is 0 Å². The Morgan fingerprint density at radius 3 is 1.46 bits per heavy atom. The minimum absolute atomic E-state index is 0.190. The molecule has 0 spiro atoms. The third-order valence-corrected chi connectivity index (χ3v) is 18.9. The molecule has 0 saturated heterocycles. The first-order valence-electron chi connectivity index (χ1n) is 32.4. The number of hydrogen-bond donors (Lipinski definition) is 0. The van der Waals surface area contributed by atoms with Gasteiger partial charge in [-0.2, -0.15) is 0 Å². The number of nitrogens with zero attached hydrogens (tertiary/aromatic N) is 3. The van der Waals surface area contributed by atoms with Crippen LogP contribution in [0.3, 0.4) is 0 Å². The van der Waals surface area contributed by atoms with E-state index < -0.39 is 0 Å². The standard InChI is InChI=1S/C88H69N3/c1-8-25-64(26-9-1)82-61-83(65-44-52-78(53-45-65)90(73-32-14-4-15-33-73)74-34-16-5-17-35-74)87-80-56-49-70(68-41-40-62-24-22-23-27-67(62)58-68)60-84(80)85-59-69(63-42-50-77(51-43-63)89(71-28-10-2-11-29-71)72-30-12-3-13-31-72)48-57-81(85)88(87)86(82)66-46-54-79(55-47-66)91(75-36-18-6-19-37-75)76-38-20-7-21-39-76/h2-8,10-12,14-25,27-30,32-38,40-61,64,76H,1,9,13,26,31,39H2. The SMILES string of the molecule is C1=CCCC(N(c2ccccc2)c2ccc(-c3ccc4c(c3)c3cc(-c5ccc6ccccc6c5)ccc3c3c(-c5ccc(N(c6ccccc6)c6ccccc6)cc5)cc(C5C=CCCC5)c(-c5ccc(N(c6ccccc6)C6C=CC=CC6)cc5)c43)cc2)=C1. The van der Waals surface area contributed by atoms with E-state index in [9.17, 15) is 0 Å². The number of hydrogen-bond acceptors (Lipinski definition) is 3. The van der Waals surface area contributed by atoms with Crippen LogP contribution in [-0.4, -0.2) is 6.04 Å². The summed E-state index contributed by atoms with van der Waals surface area (Å²) in [6, 6.07) is 105. The average Bonchev–Trinajstić information content (AvgIpc) is 0.730. The quantitative estimate of drug-likeness (QED) is 0.0794. The molecule has 16 rings (SSSR count). The molecule has 13 aromatic carbocycles. The zero-order valence-corrected chi connectivity index (χ0v) is 51.0. The molecule has 2 atom stereocenters. The lowest BCUT2D eigenvalue weighted by atomic mass is 9.77. The molecule has 3 aliphatic carbocycles. The fourth-order valence-electron chi connectivity index (χ4n) is 14.6.